The number of nitrogens with one attached hydrogen (secondary N) is 8. The molecule has 8 aromatic carbocycles. The van der Waals surface area contributed by atoms with Gasteiger partial charge in [0.2, 0.25) is 0 Å². The lowest BCUT2D eigenvalue weighted by Gasteiger charge is -2.30. The van der Waals surface area contributed by atoms with Gasteiger partial charge in [-0.2, -0.15) is 0 Å². The smallest absolute Gasteiger partial charge is 0.258 e. The molecule has 10 N–H and O–H groups in total. The molecule has 120 heavy (non-hydrogen) atoms. The monoisotopic (exact) mass is 1760 g/mol. The molecule has 23 nitrogen and oxygen atoms in total. The van der Waals surface area contributed by atoms with Gasteiger partial charge in [-0.3, -0.25) is 48.2 Å². The Kier molecular flexibility index (Phi) is 32.6. The molecule has 4 aromatic heterocycles. The molecule has 0 radical (unpaired) electrons. The number of halogens is 8. The van der Waals surface area contributed by atoms with Crippen LogP contribution in [0.25, 0.3) is 0 Å². The lowest BCUT2D eigenvalue weighted by atomic mass is 10.1. The summed E-state index contributed by atoms with van der Waals surface area (Å²) in [5.74, 6) is -1.76. The van der Waals surface area contributed by atoms with E-state index in [4.69, 9.17) is 98.5 Å². The van der Waals surface area contributed by atoms with Crippen LogP contribution in [0, 0.1) is 0 Å². The van der Waals surface area contributed by atoms with Gasteiger partial charge in [0, 0.05) is 86.8 Å². The zero-order valence-corrected chi connectivity index (χ0v) is 70.2. The van der Waals surface area contributed by atoms with Gasteiger partial charge < -0.3 is 48.3 Å². The molecule has 2 saturated heterocycles. The summed E-state index contributed by atoms with van der Waals surface area (Å²) in [6.07, 6.45) is 11.6. The van der Waals surface area contributed by atoms with Crippen LogP contribution in [-0.4, -0.2) is 103 Å². The highest BCUT2D eigenvalue weighted by atomic mass is 35.5. The van der Waals surface area contributed by atoms with Gasteiger partial charge in [0.15, 0.2) is 0 Å². The molecule has 0 bridgehead atoms. The summed E-state index contributed by atoms with van der Waals surface area (Å²) in [6, 6.07) is 60.8. The third-order valence-electron chi connectivity index (χ3n) is 18.5. The van der Waals surface area contributed by atoms with E-state index in [2.05, 4.69) is 72.3 Å². The zero-order chi connectivity index (χ0) is 85.2. The average Bonchev–Trinajstić information content (AvgIpc) is 0.828. The largest absolute Gasteiger partial charge is 0.326 e. The Hall–Kier alpha value is -11.7. The van der Waals surface area contributed by atoms with Gasteiger partial charge in [-0.05, 0) is 244 Å². The van der Waals surface area contributed by atoms with E-state index in [1.54, 1.807) is 146 Å². The quantitative estimate of drug-likeness (QED) is 0.0305. The number of benzene rings is 8. The van der Waals surface area contributed by atoms with Crippen molar-refractivity contribution < 1.29 is 38.4 Å². The van der Waals surface area contributed by atoms with E-state index in [1.807, 2.05) is 55.5 Å². The van der Waals surface area contributed by atoms with E-state index in [0.717, 1.165) is 56.8 Å². The van der Waals surface area contributed by atoms with E-state index in [9.17, 15) is 38.4 Å². The predicted octanol–water partition coefficient (Wildman–Crippen LogP) is 20.8. The molecule has 12 aromatic rings. The number of carbonyl (C=O) groups is 8. The van der Waals surface area contributed by atoms with Crippen LogP contribution in [0.1, 0.15) is 138 Å². The van der Waals surface area contributed by atoms with E-state index in [-0.39, 0.29) is 45.9 Å². The van der Waals surface area contributed by atoms with Crippen LogP contribution < -0.4 is 48.3 Å². The Balaban J connectivity index is 0.000000157. The number of nitrogens with zero attached hydrogens (tertiary/aromatic N) is 6. The van der Waals surface area contributed by atoms with Gasteiger partial charge in [0.05, 0.1) is 65.1 Å². The van der Waals surface area contributed by atoms with Crippen LogP contribution in [0.3, 0.4) is 0 Å². The van der Waals surface area contributed by atoms with E-state index in [1.165, 1.54) is 85.9 Å². The van der Waals surface area contributed by atoms with Crippen molar-refractivity contribution in [2.45, 2.75) is 58.7 Å². The molecule has 2 aliphatic heterocycles. The van der Waals surface area contributed by atoms with Crippen LogP contribution in [0.2, 0.25) is 40.2 Å². The zero-order valence-electron chi connectivity index (χ0n) is 64.1. The lowest BCUT2D eigenvalue weighted by molar-refractivity contribution is 0.101. The van der Waals surface area contributed by atoms with Crippen molar-refractivity contribution in [1.82, 2.24) is 29.7 Å². The third-order valence-corrected chi connectivity index (χ3v) is 20.3. The summed E-state index contributed by atoms with van der Waals surface area (Å²) < 4.78 is 0. The Morgan fingerprint density at radius 1 is 0.283 bits per heavy atom. The second kappa shape index (κ2) is 43.9. The Morgan fingerprint density at radius 3 is 0.750 bits per heavy atom. The Bertz CT molecular complexity index is 5460. The number of nitrogens with two attached hydrogens (primary N) is 1. The van der Waals surface area contributed by atoms with Crippen molar-refractivity contribution in [3.05, 3.63) is 350 Å². The maximum absolute atomic E-state index is 12.9. The summed E-state index contributed by atoms with van der Waals surface area (Å²) >= 11 is 47.5. The molecular weight excluding hydrogens is 1690 g/mol. The van der Waals surface area contributed by atoms with E-state index < -0.39 is 23.6 Å². The molecule has 0 atom stereocenters. The highest BCUT2D eigenvalue weighted by Gasteiger charge is 2.23. The van der Waals surface area contributed by atoms with Gasteiger partial charge in [-0.25, -0.2) is 19.9 Å². The molecule has 31 heteroatoms. The highest BCUT2D eigenvalue weighted by molar-refractivity contribution is 6.34. The number of hydrogen-bond donors (Lipinski definition) is 9. The molecule has 14 rings (SSSR count). The number of carbonyl (C=O) groups excluding carboxylic acids is 8. The molecule has 2 aliphatic rings. The fraction of sp³-hybridized carbons (Fsp3) is 0.146. The molecule has 0 saturated carbocycles. The van der Waals surface area contributed by atoms with Crippen LogP contribution in [0.15, 0.2) is 243 Å². The lowest BCUT2D eigenvalue weighted by Crippen LogP contribution is -2.36. The minimum Gasteiger partial charge on any atom is -0.326 e. The van der Waals surface area contributed by atoms with Gasteiger partial charge in [0.1, 0.15) is 23.3 Å². The summed E-state index contributed by atoms with van der Waals surface area (Å²) in [4.78, 5) is 123. The van der Waals surface area contributed by atoms with Gasteiger partial charge in [0.25, 0.3) is 47.3 Å². The van der Waals surface area contributed by atoms with E-state index in [0.29, 0.717) is 115 Å². The molecule has 8 amide bonds. The molecule has 2 fully saturated rings. The van der Waals surface area contributed by atoms with Crippen LogP contribution >= 0.6 is 92.8 Å². The van der Waals surface area contributed by atoms with Gasteiger partial charge in [-0.1, -0.05) is 155 Å². The number of pyridine rings is 4. The first-order valence-electron chi connectivity index (χ1n) is 37.5. The summed E-state index contributed by atoms with van der Waals surface area (Å²) in [5.41, 5.74) is 14.2. The van der Waals surface area contributed by atoms with Crippen molar-refractivity contribution >= 4 is 186 Å². The van der Waals surface area contributed by atoms with Crippen LogP contribution in [-0.2, 0) is 26.1 Å². The molecular formula is C89H77Cl8N15O8. The predicted molar refractivity (Wildman–Crippen MR) is 478 cm³/mol. The SMILES string of the molecule is CCc1ccc(C(=O)Nc2ccc(Cl)cc2C(=O)Nc2ccc(Cl)cn2)cc1.NCc1ccc(C(=O)Nc2ccc(Cl)cc2C(=O)Nc2ccc(Cl)cn2)cc1.O=C(Nc1ccc(Cl)cc1C(=O)Nc1ccc(Cl)cn1)c1ccc(CN2CCC2)cc1.O=C(Nc1ccc(Cl)cc1C(=O)Nc1ccc(Cl)cn1)c1ccc(CN2CCCCC2)cc1. The Labute approximate surface area is 732 Å². The number of aryl methyl sites for hydroxylation is 1. The number of piperidine rings is 1. The standard InChI is InChI=1S/C25H24Cl2N4O2.C23H20Cl2N4O2.C21H17Cl2N3O2.C20H16Cl2N4O2/c26-19-8-10-22(21(14-19)25(33)30-23-11-9-20(27)15-28-23)29-24(32)18-6-4-17(5-7-18)16-31-12-2-1-3-13-31;24-17-6-8-20(19(12-17)23(31)28-21-9-7-18(25)13-26-21)27-22(30)16-4-2-15(3-5-16)14-29-10-1-11-29;1-2-13-3-5-14(6-4-13)20(27)25-18-9-7-15(22)11-17(18)21(28)26-19-10-8-16(23)12-24-19;21-14-5-7-17(25-19(27)13-3-1-12(10-23)2-4-13)16(9-14)20(28)26-18-8-6-15(22)11-24-18/h4-11,14-15H,1-3,12-13,16H2,(H,29,32)(H,28,30,33);2-9,12-13H,1,10-11,14H2,(H,27,30)(H,26,28,31);3-12H,2H2,1H3,(H,25,27)(H,24,26,28);1-9,11H,10,23H2,(H,25,27)(H,24,26,28). The summed E-state index contributed by atoms with van der Waals surface area (Å²) in [7, 11) is 0. The minimum absolute atomic E-state index is 0.205. The second-order valence-corrected chi connectivity index (χ2v) is 30.6. The maximum Gasteiger partial charge on any atom is 0.258 e. The molecule has 0 aliphatic carbocycles. The topological polar surface area (TPSA) is 317 Å². The molecule has 0 spiro atoms. The highest BCUT2D eigenvalue weighted by Crippen LogP contribution is 2.30. The van der Waals surface area contributed by atoms with Crippen molar-refractivity contribution in [2.24, 2.45) is 5.73 Å². The van der Waals surface area contributed by atoms with Crippen molar-refractivity contribution in [1.29, 1.82) is 0 Å². The number of likely N-dealkylation sites (tertiary alicyclic amines) is 2. The summed E-state index contributed by atoms with van der Waals surface area (Å²) in [6.45, 7) is 8.70. The first-order chi connectivity index (χ1) is 57.9. The fourth-order valence-corrected chi connectivity index (χ4v) is 13.1. The normalized spacial score (nSPS) is 12.2. The van der Waals surface area contributed by atoms with E-state index >= 15 is 0 Å². The van der Waals surface area contributed by atoms with Crippen molar-refractivity contribution in [2.75, 3.05) is 68.7 Å². The average molecular weight is 1770 g/mol. The molecule has 0 unspecified atom stereocenters. The van der Waals surface area contributed by atoms with Gasteiger partial charge >= 0.3 is 0 Å². The number of aromatic nitrogens is 4. The number of rotatable bonds is 22. The van der Waals surface area contributed by atoms with Crippen LogP contribution in [0.5, 0.6) is 0 Å². The number of anilines is 8. The molecule has 612 valence electrons. The van der Waals surface area contributed by atoms with Gasteiger partial charge in [-0.15, -0.1) is 0 Å². The maximum atomic E-state index is 12.9. The second-order valence-electron chi connectivity index (χ2n) is 27.2. The first kappa shape index (κ1) is 89.1. The first-order valence-corrected chi connectivity index (χ1v) is 40.6. The molecule has 6 heterocycles. The fourth-order valence-electron chi connectivity index (χ4n) is 11.9. The number of hydrogen-bond acceptors (Lipinski definition) is 15. The third kappa shape index (κ3) is 26.7. The Morgan fingerprint density at radius 2 is 0.525 bits per heavy atom. The van der Waals surface area contributed by atoms with Crippen LogP contribution in [0.4, 0.5) is 46.0 Å². The number of amides is 8. The van der Waals surface area contributed by atoms with Crippen molar-refractivity contribution in [3.8, 4) is 0 Å². The van der Waals surface area contributed by atoms with Crippen molar-refractivity contribution in [3.63, 3.8) is 0 Å². The minimum atomic E-state index is -0.467. The summed E-state index contributed by atoms with van der Waals surface area (Å²) in [5, 5.41) is 25.1.